The van der Waals surface area contributed by atoms with Crippen molar-refractivity contribution in [2.45, 2.75) is 136 Å². The summed E-state index contributed by atoms with van der Waals surface area (Å²) in [5.41, 5.74) is -0.512. The van der Waals surface area contributed by atoms with E-state index in [9.17, 15) is 9.59 Å². The largest absolute Gasteiger partial charge is 0.463 e. The molecule has 0 radical (unpaired) electrons. The first kappa shape index (κ1) is 50.6. The third-order valence-electron chi connectivity index (χ3n) is 7.72. The summed E-state index contributed by atoms with van der Waals surface area (Å²) in [6, 6.07) is 0. The molecule has 0 fully saturated rings. The summed E-state index contributed by atoms with van der Waals surface area (Å²) >= 11 is 0. The van der Waals surface area contributed by atoms with Crippen LogP contribution in [-0.4, -0.2) is 130 Å². The fourth-order valence-corrected chi connectivity index (χ4v) is 4.99. The number of carbonyl (C=O) groups excluding carboxylic acids is 2. The Hall–Kier alpha value is -1.38. The minimum absolute atomic E-state index is 0.0835. The summed E-state index contributed by atoms with van der Waals surface area (Å²) < 4.78 is 53.9. The highest BCUT2D eigenvalue weighted by atomic mass is 16.6. The molecule has 0 rings (SSSR count). The molecule has 0 atom stereocenters. The number of rotatable bonds is 42. The predicted molar refractivity (Wildman–Crippen MR) is 203 cm³/mol. The minimum Gasteiger partial charge on any atom is -0.463 e. The second kappa shape index (κ2) is 40.8. The molecule has 0 saturated carbocycles. The van der Waals surface area contributed by atoms with Crippen molar-refractivity contribution < 1.29 is 57.0 Å². The van der Waals surface area contributed by atoms with Crippen LogP contribution in [0.5, 0.6) is 0 Å². The van der Waals surface area contributed by atoms with E-state index in [1.54, 1.807) is 0 Å². The van der Waals surface area contributed by atoms with Crippen molar-refractivity contribution in [2.75, 3.05) is 112 Å². The summed E-state index contributed by atoms with van der Waals surface area (Å²) in [7, 11) is 0. The van der Waals surface area contributed by atoms with E-state index in [4.69, 9.17) is 47.4 Å². The average molecular weight is 751 g/mol. The van der Waals surface area contributed by atoms with Crippen molar-refractivity contribution in [3.8, 4) is 0 Å². The maximum atomic E-state index is 11.9. The van der Waals surface area contributed by atoms with Gasteiger partial charge in [-0.3, -0.25) is 4.79 Å². The molecule has 310 valence electrons. The molecule has 0 amide bonds. The van der Waals surface area contributed by atoms with Gasteiger partial charge in [-0.2, -0.15) is 0 Å². The van der Waals surface area contributed by atoms with Gasteiger partial charge in [0.1, 0.15) is 18.8 Å². The first-order chi connectivity index (χ1) is 25.3. The molecule has 0 aromatic rings. The third kappa shape index (κ3) is 44.8. The van der Waals surface area contributed by atoms with Crippen LogP contribution in [-0.2, 0) is 57.0 Å². The van der Waals surface area contributed by atoms with Crippen LogP contribution in [0.2, 0.25) is 0 Å². The molecular formula is C40H78O12. The van der Waals surface area contributed by atoms with Crippen LogP contribution in [0.1, 0.15) is 130 Å². The van der Waals surface area contributed by atoms with Gasteiger partial charge in [0, 0.05) is 6.42 Å². The Balaban J connectivity index is 3.17. The lowest BCUT2D eigenvalue weighted by atomic mass is 10.0. The fraction of sp³-hybridized carbons (Fsp3) is 0.950. The Kier molecular flexibility index (Phi) is 39.7. The molecule has 0 aliphatic carbocycles. The maximum Gasteiger partial charge on any atom is 0.332 e. The first-order valence-corrected chi connectivity index (χ1v) is 20.3. The summed E-state index contributed by atoms with van der Waals surface area (Å²) in [5, 5.41) is 0. The molecule has 0 heterocycles. The molecule has 0 saturated heterocycles. The van der Waals surface area contributed by atoms with E-state index in [1.165, 1.54) is 83.5 Å². The third-order valence-corrected chi connectivity index (χ3v) is 7.72. The molecule has 0 unspecified atom stereocenters. The molecule has 0 aliphatic heterocycles. The molecule has 0 N–H and O–H groups in total. The number of hydrogen-bond acceptors (Lipinski definition) is 12. The molecule has 0 aromatic heterocycles. The number of hydrogen-bond donors (Lipinski definition) is 0. The van der Waals surface area contributed by atoms with Crippen LogP contribution >= 0.6 is 0 Å². The quantitative estimate of drug-likeness (QED) is 0.0460. The number of esters is 2. The van der Waals surface area contributed by atoms with E-state index in [1.807, 2.05) is 20.8 Å². The zero-order chi connectivity index (χ0) is 38.1. The summed E-state index contributed by atoms with van der Waals surface area (Å²) in [5.74, 6) is -0.520. The van der Waals surface area contributed by atoms with Crippen molar-refractivity contribution in [3.05, 3.63) is 0 Å². The summed E-state index contributed by atoms with van der Waals surface area (Å²) in [6.45, 7) is 14.7. The van der Waals surface area contributed by atoms with E-state index in [-0.39, 0.29) is 25.2 Å². The lowest BCUT2D eigenvalue weighted by Crippen LogP contribution is -2.27. The van der Waals surface area contributed by atoms with Gasteiger partial charge in [-0.05, 0) is 27.2 Å². The summed E-state index contributed by atoms with van der Waals surface area (Å²) in [4.78, 5) is 23.4. The Morgan fingerprint density at radius 2 is 0.654 bits per heavy atom. The standard InChI is InChI=1S/C40H78O12/c1-5-6-7-8-9-10-11-12-13-14-15-16-17-18-19-20-38(41)51-36-35-49-32-31-47-28-27-45-24-23-43-21-22-44-25-26-46-29-30-48-33-34-50-37-39(42)52-40(2,3)4/h5-37H2,1-4H3. The monoisotopic (exact) mass is 751 g/mol. The topological polar surface area (TPSA) is 126 Å². The first-order valence-electron chi connectivity index (χ1n) is 20.3. The van der Waals surface area contributed by atoms with Crippen molar-refractivity contribution in [1.29, 1.82) is 0 Å². The van der Waals surface area contributed by atoms with Crippen LogP contribution in [0.15, 0.2) is 0 Å². The predicted octanol–water partition coefficient (Wildman–Crippen LogP) is 7.27. The van der Waals surface area contributed by atoms with Gasteiger partial charge in [0.05, 0.1) is 99.1 Å². The fourth-order valence-electron chi connectivity index (χ4n) is 4.99. The van der Waals surface area contributed by atoms with E-state index in [0.29, 0.717) is 106 Å². The smallest absolute Gasteiger partial charge is 0.332 e. The van der Waals surface area contributed by atoms with E-state index in [2.05, 4.69) is 6.92 Å². The minimum atomic E-state index is -0.512. The molecule has 0 spiro atoms. The lowest BCUT2D eigenvalue weighted by Gasteiger charge is -2.19. The van der Waals surface area contributed by atoms with Crippen LogP contribution in [0, 0.1) is 0 Å². The second-order valence-electron chi connectivity index (χ2n) is 13.8. The maximum absolute atomic E-state index is 11.9. The van der Waals surface area contributed by atoms with Gasteiger partial charge in [0.15, 0.2) is 0 Å². The number of unbranched alkanes of at least 4 members (excludes halogenated alkanes) is 14. The van der Waals surface area contributed by atoms with Crippen LogP contribution in [0.3, 0.4) is 0 Å². The Labute approximate surface area is 316 Å². The van der Waals surface area contributed by atoms with Gasteiger partial charge in [-0.25, -0.2) is 4.79 Å². The van der Waals surface area contributed by atoms with Gasteiger partial charge in [0.2, 0.25) is 0 Å². The van der Waals surface area contributed by atoms with E-state index < -0.39 is 5.60 Å². The molecule has 0 aromatic carbocycles. The Morgan fingerprint density at radius 1 is 0.365 bits per heavy atom. The molecule has 12 heteroatoms. The highest BCUT2D eigenvalue weighted by Gasteiger charge is 2.15. The highest BCUT2D eigenvalue weighted by molar-refractivity contribution is 5.71. The van der Waals surface area contributed by atoms with Gasteiger partial charge >= 0.3 is 11.9 Å². The number of ether oxygens (including phenoxy) is 10. The normalized spacial score (nSPS) is 11.7. The van der Waals surface area contributed by atoms with Gasteiger partial charge in [0.25, 0.3) is 0 Å². The molecule has 0 bridgehead atoms. The number of carbonyl (C=O) groups is 2. The highest BCUT2D eigenvalue weighted by Crippen LogP contribution is 2.14. The van der Waals surface area contributed by atoms with Crippen LogP contribution < -0.4 is 0 Å². The van der Waals surface area contributed by atoms with E-state index in [0.717, 1.165) is 12.8 Å². The van der Waals surface area contributed by atoms with Crippen LogP contribution in [0.4, 0.5) is 0 Å². The lowest BCUT2D eigenvalue weighted by molar-refractivity contribution is -0.160. The average Bonchev–Trinajstić information content (AvgIpc) is 3.10. The van der Waals surface area contributed by atoms with Gasteiger partial charge in [-0.15, -0.1) is 0 Å². The second-order valence-corrected chi connectivity index (χ2v) is 13.8. The van der Waals surface area contributed by atoms with Crippen molar-refractivity contribution in [2.24, 2.45) is 0 Å². The zero-order valence-corrected chi connectivity index (χ0v) is 33.7. The molecular weight excluding hydrogens is 672 g/mol. The van der Waals surface area contributed by atoms with Crippen molar-refractivity contribution >= 4 is 11.9 Å². The van der Waals surface area contributed by atoms with Gasteiger partial charge < -0.3 is 47.4 Å². The van der Waals surface area contributed by atoms with Crippen LogP contribution in [0.25, 0.3) is 0 Å². The molecule has 12 nitrogen and oxygen atoms in total. The molecule has 0 aliphatic rings. The van der Waals surface area contributed by atoms with Crippen molar-refractivity contribution in [1.82, 2.24) is 0 Å². The van der Waals surface area contributed by atoms with Gasteiger partial charge in [-0.1, -0.05) is 96.8 Å². The Morgan fingerprint density at radius 3 is 0.981 bits per heavy atom. The summed E-state index contributed by atoms with van der Waals surface area (Å²) in [6.07, 6.45) is 20.2. The zero-order valence-electron chi connectivity index (χ0n) is 33.7. The SMILES string of the molecule is CCCCCCCCCCCCCCCCCC(=O)OCCOCCOCCOCCOCCOCCOCCOCCOCC(=O)OC(C)(C)C. The van der Waals surface area contributed by atoms with E-state index >= 15 is 0 Å². The molecule has 52 heavy (non-hydrogen) atoms. The van der Waals surface area contributed by atoms with Crippen molar-refractivity contribution in [3.63, 3.8) is 0 Å². The Bertz CT molecular complexity index is 747.